The van der Waals surface area contributed by atoms with Crippen LogP contribution in [0.5, 0.6) is 17.2 Å². The fourth-order valence-electron chi connectivity index (χ4n) is 13.8. The summed E-state index contributed by atoms with van der Waals surface area (Å²) in [6.45, 7) is 12.0. The standard InChI is InChI=1S/C89H118N14O19/c1-6-46-116-51-52-117-48-45-99-38-30-92-82(107)71-24-16-25-72(66(71)4)83(108)93-32-40-100(41-33-95-85(110)74-27-17-26-73(84(109)94-31-39-99)79(74)120-61-67-18-10-7-11-19-67)57-70(104)58-101-42-34-96-86(111)75-55-64(2)102(88(113)80(75)121-62-68-20-12-8-13-21-68)59-77(105)90-28-36-98(44-47-118-53-54-119-50-49-115-5)37-29-91-78(106)60-103-65(3)56-76(87(112)97-35-43-101)81(89(103)114)122-63-69-22-14-9-15-23-69/h7-27,55-56,70,104H,6,28-54,57-63H2,1-5H3,(H,90,105)(H,91,106)(H,92,107)(H,93,108)(H,94,109)(H,95,110)(H,96,111)(H,97,112). The van der Waals surface area contributed by atoms with Crippen molar-refractivity contribution in [2.45, 2.75) is 73.1 Å². The van der Waals surface area contributed by atoms with E-state index in [-0.39, 0.29) is 180 Å². The van der Waals surface area contributed by atoms with Gasteiger partial charge in [-0.05, 0) is 85.8 Å². The average molecular weight is 1690 g/mol. The van der Waals surface area contributed by atoms with Gasteiger partial charge in [-0.1, -0.05) is 110 Å². The van der Waals surface area contributed by atoms with Crippen LogP contribution in [0.15, 0.2) is 149 Å². The summed E-state index contributed by atoms with van der Waals surface area (Å²) >= 11 is 0. The van der Waals surface area contributed by atoms with E-state index in [1.54, 1.807) is 118 Å². The van der Waals surface area contributed by atoms with Gasteiger partial charge in [0.25, 0.3) is 46.6 Å². The van der Waals surface area contributed by atoms with Gasteiger partial charge in [-0.15, -0.1) is 0 Å². The zero-order valence-electron chi connectivity index (χ0n) is 70.6. The maximum Gasteiger partial charge on any atom is 0.294 e. The number of rotatable bonds is 30. The van der Waals surface area contributed by atoms with Crippen molar-refractivity contribution in [3.63, 3.8) is 0 Å². The first-order valence-corrected chi connectivity index (χ1v) is 41.6. The second kappa shape index (κ2) is 51.5. The van der Waals surface area contributed by atoms with Crippen LogP contribution in [0.2, 0.25) is 0 Å². The predicted octanol–water partition coefficient (Wildman–Crippen LogP) is 3.10. The number of ether oxygens (including phenoxy) is 8. The van der Waals surface area contributed by atoms with E-state index in [1.807, 2.05) is 64.1 Å². The molecule has 658 valence electrons. The minimum Gasteiger partial charge on any atom is -0.487 e. The summed E-state index contributed by atoms with van der Waals surface area (Å²) in [5, 5.41) is 36.1. The Kier molecular flexibility index (Phi) is 39.9. The van der Waals surface area contributed by atoms with Crippen LogP contribution in [0.3, 0.4) is 0 Å². The molecule has 33 heteroatoms. The highest BCUT2D eigenvalue weighted by Crippen LogP contribution is 2.27. The highest BCUT2D eigenvalue weighted by atomic mass is 16.5. The van der Waals surface area contributed by atoms with Gasteiger partial charge in [-0.25, -0.2) is 0 Å². The van der Waals surface area contributed by atoms with E-state index in [2.05, 4.69) is 42.5 Å². The van der Waals surface area contributed by atoms with Crippen molar-refractivity contribution in [3.05, 3.63) is 227 Å². The summed E-state index contributed by atoms with van der Waals surface area (Å²) in [7, 11) is 1.58. The Labute approximate surface area is 711 Å². The molecule has 33 nitrogen and oxygen atoms in total. The van der Waals surface area contributed by atoms with Crippen molar-refractivity contribution in [2.24, 2.45) is 0 Å². The molecule has 5 aliphatic heterocycles. The van der Waals surface area contributed by atoms with E-state index in [1.165, 1.54) is 21.3 Å². The van der Waals surface area contributed by atoms with Crippen molar-refractivity contribution >= 4 is 47.3 Å². The Morgan fingerprint density at radius 1 is 0.344 bits per heavy atom. The third-order valence-corrected chi connectivity index (χ3v) is 20.4. The average Bonchev–Trinajstić information content (AvgIpc) is 0.810. The molecule has 1 unspecified atom stereocenters. The number of benzene rings is 5. The third-order valence-electron chi connectivity index (χ3n) is 20.4. The molecule has 2 aromatic heterocycles. The van der Waals surface area contributed by atoms with Crippen LogP contribution in [-0.2, 0) is 66.2 Å². The highest BCUT2D eigenvalue weighted by Gasteiger charge is 2.28. The van der Waals surface area contributed by atoms with Gasteiger partial charge in [-0.2, -0.15) is 0 Å². The number of carbonyl (C=O) groups is 8. The highest BCUT2D eigenvalue weighted by molar-refractivity contribution is 6.04. The Balaban J connectivity index is 0.992. The van der Waals surface area contributed by atoms with E-state index in [4.69, 9.17) is 37.9 Å². The molecule has 0 spiro atoms. The number of methoxy groups -OCH3 is 1. The molecule has 5 aromatic carbocycles. The second-order valence-corrected chi connectivity index (χ2v) is 29.4. The molecule has 0 saturated carbocycles. The van der Waals surface area contributed by atoms with Gasteiger partial charge in [0, 0.05) is 167 Å². The number of nitrogens with one attached hydrogen (secondary N) is 8. The van der Waals surface area contributed by atoms with E-state index in [0.29, 0.717) is 109 Å². The van der Waals surface area contributed by atoms with Crippen LogP contribution in [0.1, 0.15) is 109 Å². The minimum atomic E-state index is -1.23. The normalized spacial score (nSPS) is 16.1. The molecule has 1 atom stereocenters. The Hall–Kier alpha value is -11.2. The first-order valence-electron chi connectivity index (χ1n) is 41.6. The number of amides is 8. The lowest BCUT2D eigenvalue weighted by molar-refractivity contribution is -0.122. The molecule has 7 aromatic rings. The number of hydrogen-bond acceptors (Lipinski definition) is 23. The van der Waals surface area contributed by atoms with E-state index in [9.17, 15) is 53.1 Å². The zero-order valence-corrected chi connectivity index (χ0v) is 70.6. The summed E-state index contributed by atoms with van der Waals surface area (Å²) in [5.41, 5.74) is 2.18. The van der Waals surface area contributed by atoms with Crippen molar-refractivity contribution in [3.8, 4) is 17.2 Å². The third kappa shape index (κ3) is 30.7. The molecule has 8 amide bonds. The molecule has 122 heavy (non-hydrogen) atoms. The van der Waals surface area contributed by atoms with Gasteiger partial charge in [0.05, 0.1) is 81.2 Å². The molecule has 5 aliphatic rings. The first kappa shape index (κ1) is 94.6. The molecular formula is C89H118N14O19. The number of carbonyl (C=O) groups excluding carboxylic acids is 8. The number of nitrogens with zero attached hydrogens (tertiary/aromatic N) is 6. The smallest absolute Gasteiger partial charge is 0.294 e. The predicted molar refractivity (Wildman–Crippen MR) is 458 cm³/mol. The molecule has 0 aliphatic carbocycles. The van der Waals surface area contributed by atoms with E-state index >= 15 is 0 Å². The van der Waals surface area contributed by atoms with Gasteiger partial charge in [0.1, 0.15) is 38.7 Å². The monoisotopic (exact) mass is 1690 g/mol. The number of pyridine rings is 2. The van der Waals surface area contributed by atoms with Crippen LogP contribution >= 0.6 is 0 Å². The summed E-state index contributed by atoms with van der Waals surface area (Å²) in [6.07, 6.45) is -0.346. The molecule has 12 rings (SSSR count). The van der Waals surface area contributed by atoms with E-state index in [0.717, 1.165) is 12.0 Å². The van der Waals surface area contributed by atoms with Gasteiger partial charge in [0.15, 0.2) is 11.5 Å². The number of aliphatic hydroxyl groups excluding tert-OH is 1. The van der Waals surface area contributed by atoms with Crippen LogP contribution in [-0.4, -0.2) is 285 Å². The number of hydrogen-bond donors (Lipinski definition) is 9. The Bertz CT molecular complexity index is 4500. The van der Waals surface area contributed by atoms with Crippen LogP contribution in [0.25, 0.3) is 0 Å². The summed E-state index contributed by atoms with van der Waals surface area (Å²) in [6, 6.07) is 39.9. The van der Waals surface area contributed by atoms with Gasteiger partial charge >= 0.3 is 0 Å². The second-order valence-electron chi connectivity index (χ2n) is 29.4. The van der Waals surface area contributed by atoms with Gasteiger partial charge < -0.3 is 94.7 Å². The number of fused-ring (bicyclic) bond motifs is 4. The fraction of sp³-hybridized carbons (Fsp3) is 0.461. The minimum absolute atomic E-state index is 0.0166. The molecule has 0 fully saturated rings. The van der Waals surface area contributed by atoms with Crippen LogP contribution in [0, 0.1) is 20.8 Å². The van der Waals surface area contributed by atoms with Crippen molar-refractivity contribution < 1.29 is 81.4 Å². The quantitative estimate of drug-likeness (QED) is 0.0292. The maximum absolute atomic E-state index is 14.7. The largest absolute Gasteiger partial charge is 0.487 e. The number of para-hydroxylation sites is 1. The molecular weight excluding hydrogens is 1570 g/mol. The number of aromatic nitrogens is 2. The molecule has 9 N–H and O–H groups in total. The lowest BCUT2D eigenvalue weighted by atomic mass is 10.0. The Morgan fingerprint density at radius 2 is 0.648 bits per heavy atom. The zero-order chi connectivity index (χ0) is 86.8. The molecule has 8 bridgehead atoms. The number of β-amino-alcohol motifs (C(OH)–C–C–N with tert-alkyl or cyclic N) is 1. The SMILES string of the molecule is CCCOCCOCCN1CCNC(=O)c2cccc(c2C)C(=O)NCCN(CC(O)CN2CCNC(=O)c3cc(C)n(c(=O)c3OCc3ccccc3)CC(=O)NCCN(CCOCCOCCOC)CCNC(=O)Cn3c(C)cc(c(OCc4ccccc4)c3=O)C(=O)NCC2)CCNC(=O)c2cccc(c2OCc2ccccc2)C(=O)NCC1. The maximum atomic E-state index is 14.7. The number of aryl methyl sites for hydroxylation is 2. The first-order chi connectivity index (χ1) is 59.3. The molecule has 7 heterocycles. The summed E-state index contributed by atoms with van der Waals surface area (Å²) in [4.78, 5) is 152. The van der Waals surface area contributed by atoms with Crippen molar-refractivity contribution in [1.82, 2.24) is 71.3 Å². The lowest BCUT2D eigenvalue weighted by Crippen LogP contribution is -2.48. The van der Waals surface area contributed by atoms with E-state index < -0.39 is 77.6 Å². The molecule has 0 saturated heterocycles. The van der Waals surface area contributed by atoms with Crippen molar-refractivity contribution in [1.29, 1.82) is 0 Å². The van der Waals surface area contributed by atoms with Gasteiger partial charge in [-0.3, -0.25) is 67.5 Å². The fourth-order valence-corrected chi connectivity index (χ4v) is 13.8. The van der Waals surface area contributed by atoms with Gasteiger partial charge in [0.2, 0.25) is 11.8 Å². The summed E-state index contributed by atoms with van der Waals surface area (Å²) < 4.78 is 49.3. The van der Waals surface area contributed by atoms with Crippen molar-refractivity contribution in [2.75, 3.05) is 197 Å². The summed E-state index contributed by atoms with van der Waals surface area (Å²) in [5.74, 6) is -4.93. The number of aliphatic hydroxyl groups is 1. The lowest BCUT2D eigenvalue weighted by Gasteiger charge is -2.30. The van der Waals surface area contributed by atoms with Crippen LogP contribution in [0.4, 0.5) is 0 Å². The topological polar surface area (TPSA) is 384 Å². The van der Waals surface area contributed by atoms with Crippen LogP contribution < -0.4 is 67.9 Å². The molecule has 0 radical (unpaired) electrons. The Morgan fingerprint density at radius 3 is 1.01 bits per heavy atom.